The third kappa shape index (κ3) is 5.17. The molecule has 4 rings (SSSR count). The van der Waals surface area contributed by atoms with E-state index in [1.54, 1.807) is 11.3 Å². The number of benzene rings is 3. The highest BCUT2D eigenvalue weighted by atomic mass is 32.2. The summed E-state index contributed by atoms with van der Waals surface area (Å²) in [4.78, 5) is 21.4. The number of amides is 1. The van der Waals surface area contributed by atoms with Crippen LogP contribution in [-0.4, -0.2) is 16.6 Å². The van der Waals surface area contributed by atoms with Gasteiger partial charge in [0.25, 0.3) is 0 Å². The van der Waals surface area contributed by atoms with Crippen LogP contribution < -0.4 is 4.90 Å². The minimum atomic E-state index is 0.0631. The molecular weight excluding hydrogens is 420 g/mol. The highest BCUT2D eigenvalue weighted by Crippen LogP contribution is 2.33. The maximum Gasteiger partial charge on any atom is 0.233 e. The van der Waals surface area contributed by atoms with Crippen molar-refractivity contribution in [2.75, 3.05) is 10.7 Å². The number of fused-ring (bicyclic) bond motifs is 1. The van der Waals surface area contributed by atoms with Crippen LogP contribution in [0.3, 0.4) is 0 Å². The Hall–Kier alpha value is -2.63. The molecule has 0 bridgehead atoms. The molecule has 0 aliphatic rings. The van der Waals surface area contributed by atoms with Gasteiger partial charge >= 0.3 is 0 Å². The fourth-order valence-corrected chi connectivity index (χ4v) is 5.34. The first-order valence-corrected chi connectivity index (χ1v) is 12.3. The largest absolute Gasteiger partial charge is 0.283 e. The maximum absolute atomic E-state index is 13.4. The number of aromatic nitrogens is 1. The smallest absolute Gasteiger partial charge is 0.233 e. The van der Waals surface area contributed by atoms with Crippen LogP contribution in [0.15, 0.2) is 71.6 Å². The highest BCUT2D eigenvalue weighted by molar-refractivity contribution is 7.99. The van der Waals surface area contributed by atoms with Gasteiger partial charge in [0.05, 0.1) is 23.2 Å². The maximum atomic E-state index is 13.4. The number of carbonyl (C=O) groups is 1. The second-order valence-electron chi connectivity index (χ2n) is 7.65. The van der Waals surface area contributed by atoms with Crippen LogP contribution in [0.1, 0.15) is 29.2 Å². The summed E-state index contributed by atoms with van der Waals surface area (Å²) in [6.45, 7) is 6.85. The number of hydrogen-bond acceptors (Lipinski definition) is 4. The van der Waals surface area contributed by atoms with Gasteiger partial charge in [-0.25, -0.2) is 4.98 Å². The lowest BCUT2D eigenvalue weighted by Crippen LogP contribution is -2.31. The van der Waals surface area contributed by atoms with Crippen LogP contribution in [0.5, 0.6) is 0 Å². The van der Waals surface area contributed by atoms with Crippen LogP contribution in [0, 0.1) is 13.8 Å². The van der Waals surface area contributed by atoms with E-state index in [1.807, 2.05) is 34.9 Å². The quantitative estimate of drug-likeness (QED) is 0.293. The van der Waals surface area contributed by atoms with Crippen molar-refractivity contribution in [3.8, 4) is 0 Å². The third-order valence-electron chi connectivity index (χ3n) is 5.11. The summed E-state index contributed by atoms with van der Waals surface area (Å²) in [5, 5.41) is 0.760. The highest BCUT2D eigenvalue weighted by Gasteiger charge is 2.21. The molecule has 5 heteroatoms. The van der Waals surface area contributed by atoms with Gasteiger partial charge in [-0.05, 0) is 60.1 Å². The number of hydrogen-bond donors (Lipinski definition) is 0. The van der Waals surface area contributed by atoms with E-state index in [1.165, 1.54) is 16.0 Å². The molecule has 0 N–H and O–H groups in total. The lowest BCUT2D eigenvalue weighted by molar-refractivity contribution is -0.118. The fourth-order valence-electron chi connectivity index (χ4n) is 3.65. The number of anilines is 1. The minimum Gasteiger partial charge on any atom is -0.283 e. The van der Waals surface area contributed by atoms with Crippen molar-refractivity contribution in [1.82, 2.24) is 4.98 Å². The number of nitrogens with zero attached hydrogens (tertiary/aromatic N) is 2. The number of thiazole rings is 1. The molecule has 0 unspecified atom stereocenters. The molecule has 0 fully saturated rings. The average Bonchev–Trinajstić information content (AvgIpc) is 3.18. The normalized spacial score (nSPS) is 11.1. The van der Waals surface area contributed by atoms with Gasteiger partial charge in [-0.15, -0.1) is 11.8 Å². The van der Waals surface area contributed by atoms with E-state index in [4.69, 9.17) is 4.98 Å². The average molecular weight is 447 g/mol. The van der Waals surface area contributed by atoms with Crippen molar-refractivity contribution >= 4 is 44.4 Å². The van der Waals surface area contributed by atoms with E-state index in [-0.39, 0.29) is 5.91 Å². The van der Waals surface area contributed by atoms with Crippen molar-refractivity contribution in [3.63, 3.8) is 0 Å². The number of carbonyl (C=O) groups excluding carboxylic acids is 1. The summed E-state index contributed by atoms with van der Waals surface area (Å²) in [6, 6.07) is 22.7. The van der Waals surface area contributed by atoms with Crippen LogP contribution in [0.4, 0.5) is 5.13 Å². The molecule has 0 radical (unpaired) electrons. The van der Waals surface area contributed by atoms with E-state index in [0.717, 1.165) is 32.2 Å². The second-order valence-corrected chi connectivity index (χ2v) is 9.96. The van der Waals surface area contributed by atoms with Crippen LogP contribution in [0.25, 0.3) is 10.2 Å². The fraction of sp³-hybridized carbons (Fsp3) is 0.231. The first-order chi connectivity index (χ1) is 15.0. The predicted molar refractivity (Wildman–Crippen MR) is 133 cm³/mol. The zero-order valence-corrected chi connectivity index (χ0v) is 19.7. The lowest BCUT2D eigenvalue weighted by atomic mass is 10.1. The topological polar surface area (TPSA) is 33.2 Å². The molecule has 1 heterocycles. The Morgan fingerprint density at radius 3 is 2.45 bits per heavy atom. The van der Waals surface area contributed by atoms with Crippen LogP contribution in [0.2, 0.25) is 0 Å². The van der Waals surface area contributed by atoms with Crippen LogP contribution in [-0.2, 0) is 17.8 Å². The van der Waals surface area contributed by atoms with Gasteiger partial charge in [0.2, 0.25) is 5.91 Å². The molecule has 0 spiro atoms. The molecule has 0 aliphatic carbocycles. The third-order valence-corrected chi connectivity index (χ3v) is 7.24. The van der Waals surface area contributed by atoms with Gasteiger partial charge in [-0.1, -0.05) is 66.8 Å². The predicted octanol–water partition coefficient (Wildman–Crippen LogP) is 6.80. The first kappa shape index (κ1) is 21.6. The van der Waals surface area contributed by atoms with Crippen LogP contribution >= 0.6 is 23.1 Å². The summed E-state index contributed by atoms with van der Waals surface area (Å²) >= 11 is 3.41. The Balaban J connectivity index is 1.65. The molecule has 1 amide bonds. The van der Waals surface area contributed by atoms with E-state index < -0.39 is 0 Å². The molecule has 0 saturated carbocycles. The number of thioether (sulfide) groups is 1. The van der Waals surface area contributed by atoms with Gasteiger partial charge < -0.3 is 0 Å². The van der Waals surface area contributed by atoms with Gasteiger partial charge in [0, 0.05) is 4.90 Å². The second kappa shape index (κ2) is 9.67. The molecule has 3 aromatic carbocycles. The molecule has 0 atom stereocenters. The summed E-state index contributed by atoms with van der Waals surface area (Å²) in [6.07, 6.45) is 0.359. The zero-order chi connectivity index (χ0) is 21.8. The Kier molecular flexibility index (Phi) is 6.73. The zero-order valence-electron chi connectivity index (χ0n) is 18.1. The van der Waals surface area contributed by atoms with Crippen molar-refractivity contribution in [3.05, 3.63) is 89.0 Å². The van der Waals surface area contributed by atoms with Gasteiger partial charge in [-0.3, -0.25) is 9.69 Å². The Morgan fingerprint density at radius 1 is 1.00 bits per heavy atom. The van der Waals surface area contributed by atoms with Crippen molar-refractivity contribution in [2.45, 2.75) is 38.6 Å². The monoisotopic (exact) mass is 446 g/mol. The molecule has 31 heavy (non-hydrogen) atoms. The van der Waals surface area contributed by atoms with E-state index in [2.05, 4.69) is 69.3 Å². The van der Waals surface area contributed by atoms with Gasteiger partial charge in [-0.2, -0.15) is 0 Å². The van der Waals surface area contributed by atoms with Gasteiger partial charge in [0.15, 0.2) is 5.13 Å². The van der Waals surface area contributed by atoms with Gasteiger partial charge in [0.1, 0.15) is 0 Å². The van der Waals surface area contributed by atoms with E-state index in [9.17, 15) is 4.79 Å². The Morgan fingerprint density at radius 2 is 1.74 bits per heavy atom. The minimum absolute atomic E-state index is 0.0631. The van der Waals surface area contributed by atoms with Crippen molar-refractivity contribution < 1.29 is 4.79 Å². The summed E-state index contributed by atoms with van der Waals surface area (Å²) in [5.74, 6) is 1.10. The first-order valence-electron chi connectivity index (χ1n) is 10.5. The number of aryl methyl sites for hydroxylation is 2. The Bertz CT molecular complexity index is 1180. The van der Waals surface area contributed by atoms with Crippen molar-refractivity contribution in [1.29, 1.82) is 0 Å². The molecule has 0 saturated heterocycles. The molecule has 158 valence electrons. The standard InChI is InChI=1S/C26H26N2OS2/c1-4-30-22-12-10-20(11-13-22)16-24(29)28(17-21-8-6-5-7-9-21)26-27-23-15-18(2)14-19(3)25(23)31-26/h5-15H,4,16-17H2,1-3H3. The summed E-state index contributed by atoms with van der Waals surface area (Å²) < 4.78 is 1.15. The summed E-state index contributed by atoms with van der Waals surface area (Å²) in [5.41, 5.74) is 5.47. The van der Waals surface area contributed by atoms with Crippen molar-refractivity contribution in [2.24, 2.45) is 0 Å². The van der Waals surface area contributed by atoms with E-state index >= 15 is 0 Å². The number of rotatable bonds is 7. The SMILES string of the molecule is CCSc1ccc(CC(=O)N(Cc2ccccc2)c2nc3cc(C)cc(C)c3s2)cc1. The molecule has 1 aromatic heterocycles. The molecular formula is C26H26N2OS2. The molecule has 3 nitrogen and oxygen atoms in total. The molecule has 4 aromatic rings. The summed E-state index contributed by atoms with van der Waals surface area (Å²) in [7, 11) is 0. The molecule has 0 aliphatic heterocycles. The lowest BCUT2D eigenvalue weighted by Gasteiger charge is -2.20. The Labute approximate surface area is 192 Å². The van der Waals surface area contributed by atoms with E-state index in [0.29, 0.717) is 13.0 Å².